The molecule has 1 heterocycles. The van der Waals surface area contributed by atoms with Crippen LogP contribution in [0.1, 0.15) is 27.8 Å². The van der Waals surface area contributed by atoms with E-state index < -0.39 is 0 Å². The first-order chi connectivity index (χ1) is 8.15. The summed E-state index contributed by atoms with van der Waals surface area (Å²) in [5, 5.41) is 0. The zero-order valence-corrected chi connectivity index (χ0v) is 10.9. The van der Waals surface area contributed by atoms with E-state index in [1.165, 1.54) is 10.4 Å². The third kappa shape index (κ3) is 3.09. The Balaban J connectivity index is 2.19. The van der Waals surface area contributed by atoms with Gasteiger partial charge in [0, 0.05) is 10.4 Å². The fourth-order valence-corrected chi connectivity index (χ4v) is 2.19. The maximum absolute atomic E-state index is 3.92. The van der Waals surface area contributed by atoms with E-state index in [4.69, 9.17) is 0 Å². The molecule has 0 saturated carbocycles. The molecular formula is C16H14S. The molecule has 0 aliphatic rings. The molecule has 1 aromatic carbocycles. The predicted octanol–water partition coefficient (Wildman–Crippen LogP) is 4.49. The molecule has 0 saturated heterocycles. The summed E-state index contributed by atoms with van der Waals surface area (Å²) in [7, 11) is 0. The van der Waals surface area contributed by atoms with Crippen molar-refractivity contribution in [3.63, 3.8) is 0 Å². The van der Waals surface area contributed by atoms with Gasteiger partial charge in [0.1, 0.15) is 0 Å². The second kappa shape index (κ2) is 5.03. The van der Waals surface area contributed by atoms with Crippen LogP contribution in [-0.4, -0.2) is 0 Å². The molecule has 0 bridgehead atoms. The quantitative estimate of drug-likeness (QED) is 0.642. The Morgan fingerprint density at radius 1 is 1.06 bits per heavy atom. The van der Waals surface area contributed by atoms with Crippen LogP contribution in [-0.2, 0) is 0 Å². The normalized spacial score (nSPS) is 9.53. The van der Waals surface area contributed by atoms with Crippen molar-refractivity contribution in [2.45, 2.75) is 13.8 Å². The minimum Gasteiger partial charge on any atom is -0.132 e. The SMILES string of the molecule is C=C(C)c1ccc(C#Cc2ccc(C)s2)cc1. The van der Waals surface area contributed by atoms with E-state index in [2.05, 4.69) is 49.6 Å². The molecule has 84 valence electrons. The molecule has 0 atom stereocenters. The Kier molecular flexibility index (Phi) is 3.46. The van der Waals surface area contributed by atoms with Gasteiger partial charge in [0.2, 0.25) is 0 Å². The monoisotopic (exact) mass is 238 g/mol. The van der Waals surface area contributed by atoms with Crippen LogP contribution in [0.2, 0.25) is 0 Å². The lowest BCUT2D eigenvalue weighted by Gasteiger charge is -1.98. The van der Waals surface area contributed by atoms with E-state index >= 15 is 0 Å². The standard InChI is InChI=1S/C16H14S/c1-12(2)15-8-5-14(6-9-15)7-11-16-10-4-13(3)17-16/h4-6,8-10H,1H2,2-3H3. The average Bonchev–Trinajstić information content (AvgIpc) is 2.73. The molecule has 0 fully saturated rings. The molecule has 0 amide bonds. The van der Waals surface area contributed by atoms with Gasteiger partial charge < -0.3 is 0 Å². The lowest BCUT2D eigenvalue weighted by atomic mass is 10.1. The first-order valence-electron chi connectivity index (χ1n) is 5.49. The highest BCUT2D eigenvalue weighted by Gasteiger charge is 1.93. The number of thiophene rings is 1. The maximum atomic E-state index is 3.92. The molecular weight excluding hydrogens is 224 g/mol. The van der Waals surface area contributed by atoms with Crippen LogP contribution in [0.4, 0.5) is 0 Å². The van der Waals surface area contributed by atoms with Crippen LogP contribution >= 0.6 is 11.3 Å². The van der Waals surface area contributed by atoms with Gasteiger partial charge in [0.05, 0.1) is 4.88 Å². The van der Waals surface area contributed by atoms with Crippen LogP contribution in [0.15, 0.2) is 43.0 Å². The van der Waals surface area contributed by atoms with E-state index in [0.717, 1.165) is 16.0 Å². The molecule has 0 unspecified atom stereocenters. The van der Waals surface area contributed by atoms with E-state index in [1.807, 2.05) is 19.1 Å². The molecule has 0 N–H and O–H groups in total. The number of allylic oxidation sites excluding steroid dienone is 1. The number of rotatable bonds is 1. The fourth-order valence-electron chi connectivity index (χ4n) is 1.47. The van der Waals surface area contributed by atoms with Crippen LogP contribution in [0.25, 0.3) is 5.57 Å². The van der Waals surface area contributed by atoms with Crippen molar-refractivity contribution in [1.29, 1.82) is 0 Å². The molecule has 1 aromatic heterocycles. The van der Waals surface area contributed by atoms with Gasteiger partial charge in [-0.2, -0.15) is 0 Å². The first-order valence-corrected chi connectivity index (χ1v) is 6.31. The lowest BCUT2D eigenvalue weighted by molar-refractivity contribution is 1.55. The Bertz CT molecular complexity index is 588. The summed E-state index contributed by atoms with van der Waals surface area (Å²) in [6, 6.07) is 12.4. The van der Waals surface area contributed by atoms with E-state index in [-0.39, 0.29) is 0 Å². The number of aryl methyl sites for hydroxylation is 1. The van der Waals surface area contributed by atoms with E-state index in [0.29, 0.717) is 0 Å². The molecule has 0 aliphatic carbocycles. The number of benzene rings is 1. The second-order valence-corrected chi connectivity index (χ2v) is 5.31. The van der Waals surface area contributed by atoms with Crippen LogP contribution in [0.3, 0.4) is 0 Å². The van der Waals surface area contributed by atoms with Crippen LogP contribution in [0, 0.1) is 18.8 Å². The summed E-state index contributed by atoms with van der Waals surface area (Å²) >= 11 is 1.73. The highest BCUT2D eigenvalue weighted by atomic mass is 32.1. The third-order valence-corrected chi connectivity index (χ3v) is 3.36. The van der Waals surface area contributed by atoms with Gasteiger partial charge in [-0.25, -0.2) is 0 Å². The topological polar surface area (TPSA) is 0 Å². The Labute approximate surface area is 107 Å². The maximum Gasteiger partial charge on any atom is 0.0775 e. The zero-order chi connectivity index (χ0) is 12.3. The molecule has 2 rings (SSSR count). The highest BCUT2D eigenvalue weighted by Crippen LogP contribution is 2.14. The summed E-state index contributed by atoms with van der Waals surface area (Å²) in [4.78, 5) is 2.42. The highest BCUT2D eigenvalue weighted by molar-refractivity contribution is 7.12. The van der Waals surface area contributed by atoms with Crippen molar-refractivity contribution in [2.75, 3.05) is 0 Å². The van der Waals surface area contributed by atoms with Gasteiger partial charge in [-0.3, -0.25) is 0 Å². The van der Waals surface area contributed by atoms with Crippen molar-refractivity contribution in [3.05, 3.63) is 63.9 Å². The lowest BCUT2D eigenvalue weighted by Crippen LogP contribution is -1.79. The molecule has 0 radical (unpaired) electrons. The fraction of sp³-hybridized carbons (Fsp3) is 0.125. The molecule has 0 spiro atoms. The van der Waals surface area contributed by atoms with Gasteiger partial charge >= 0.3 is 0 Å². The predicted molar refractivity (Wildman–Crippen MR) is 76.2 cm³/mol. The summed E-state index contributed by atoms with van der Waals surface area (Å²) in [5.41, 5.74) is 3.29. The number of hydrogen-bond acceptors (Lipinski definition) is 1. The van der Waals surface area contributed by atoms with Crippen molar-refractivity contribution in [2.24, 2.45) is 0 Å². The molecule has 0 aliphatic heterocycles. The van der Waals surface area contributed by atoms with Crippen LogP contribution in [0.5, 0.6) is 0 Å². The summed E-state index contributed by atoms with van der Waals surface area (Å²) in [5.74, 6) is 6.35. The molecule has 1 heteroatoms. The van der Waals surface area contributed by atoms with Gasteiger partial charge in [-0.1, -0.05) is 36.1 Å². The number of hydrogen-bond donors (Lipinski definition) is 0. The van der Waals surface area contributed by atoms with Crippen molar-refractivity contribution in [3.8, 4) is 11.8 Å². The molecule has 17 heavy (non-hydrogen) atoms. The summed E-state index contributed by atoms with van der Waals surface area (Å²) in [6.45, 7) is 8.02. The van der Waals surface area contributed by atoms with Crippen molar-refractivity contribution < 1.29 is 0 Å². The second-order valence-electron chi connectivity index (χ2n) is 4.02. The minimum absolute atomic E-state index is 1.04. The van der Waals surface area contributed by atoms with Gasteiger partial charge in [0.25, 0.3) is 0 Å². The Morgan fingerprint density at radius 2 is 1.76 bits per heavy atom. The molecule has 2 aromatic rings. The summed E-state index contributed by atoms with van der Waals surface area (Å²) in [6.07, 6.45) is 0. The third-order valence-electron chi connectivity index (χ3n) is 2.45. The largest absolute Gasteiger partial charge is 0.132 e. The average molecular weight is 238 g/mol. The van der Waals surface area contributed by atoms with Crippen molar-refractivity contribution >= 4 is 16.9 Å². The first kappa shape index (κ1) is 11.7. The van der Waals surface area contributed by atoms with Gasteiger partial charge in [-0.05, 0) is 43.7 Å². The van der Waals surface area contributed by atoms with Crippen molar-refractivity contribution in [1.82, 2.24) is 0 Å². The van der Waals surface area contributed by atoms with E-state index in [9.17, 15) is 0 Å². The smallest absolute Gasteiger partial charge is 0.0775 e. The van der Waals surface area contributed by atoms with E-state index in [1.54, 1.807) is 11.3 Å². The summed E-state index contributed by atoms with van der Waals surface area (Å²) < 4.78 is 0. The Morgan fingerprint density at radius 3 is 2.29 bits per heavy atom. The van der Waals surface area contributed by atoms with Gasteiger partial charge in [0.15, 0.2) is 0 Å². The zero-order valence-electron chi connectivity index (χ0n) is 10.1. The Hall–Kier alpha value is -1.78. The molecule has 0 nitrogen and oxygen atoms in total. The van der Waals surface area contributed by atoms with Crippen LogP contribution < -0.4 is 0 Å². The minimum atomic E-state index is 1.04. The van der Waals surface area contributed by atoms with Gasteiger partial charge in [-0.15, -0.1) is 11.3 Å².